The number of halogens is 6. The van der Waals surface area contributed by atoms with Crippen LogP contribution in [0.15, 0.2) is 258 Å². The molecule has 15 aromatic rings. The average molecular weight is 1210 g/mol. The van der Waals surface area contributed by atoms with Crippen LogP contribution in [-0.2, 0) is 17.8 Å². The molecule has 446 valence electrons. The van der Waals surface area contributed by atoms with Gasteiger partial charge in [-0.15, -0.1) is 0 Å². The molecule has 13 aromatic carbocycles. The van der Waals surface area contributed by atoms with E-state index in [1.165, 1.54) is 12.1 Å². The molecule has 1 aliphatic heterocycles. The highest BCUT2D eigenvalue weighted by molar-refractivity contribution is 6.21. The van der Waals surface area contributed by atoms with Crippen molar-refractivity contribution < 1.29 is 35.2 Å². The summed E-state index contributed by atoms with van der Waals surface area (Å²) < 4.78 is 104. The van der Waals surface area contributed by atoms with Crippen LogP contribution in [0.1, 0.15) is 55.6 Å². The Labute approximate surface area is 524 Å². The van der Waals surface area contributed by atoms with Crippen molar-refractivity contribution in [1.29, 1.82) is 0 Å². The zero-order valence-electron chi connectivity index (χ0n) is 50.1. The predicted octanol–water partition coefficient (Wildman–Crippen LogP) is 24.1. The van der Waals surface area contributed by atoms with Crippen molar-refractivity contribution in [1.82, 2.24) is 0 Å². The van der Waals surface area contributed by atoms with Crippen LogP contribution in [0.25, 0.3) is 76.5 Å². The number of rotatable bonds is 7. The molecule has 0 fully saturated rings. The number of para-hydroxylation sites is 7. The molecule has 0 atom stereocenters. The first-order valence-corrected chi connectivity index (χ1v) is 30.5. The molecule has 3 heterocycles. The highest BCUT2D eigenvalue weighted by atomic mass is 19.4. The van der Waals surface area contributed by atoms with Crippen molar-refractivity contribution in [2.45, 2.75) is 45.5 Å². The van der Waals surface area contributed by atoms with Crippen molar-refractivity contribution in [3.63, 3.8) is 0 Å². The Kier molecular flexibility index (Phi) is 12.0. The summed E-state index contributed by atoms with van der Waals surface area (Å²) in [4.78, 5) is 6.68. The van der Waals surface area contributed by atoms with Gasteiger partial charge in [0.25, 0.3) is 0 Å². The monoisotopic (exact) mass is 1210 g/mol. The molecule has 0 saturated carbocycles. The first kappa shape index (κ1) is 55.1. The number of nitrogens with zero attached hydrogens (tertiary/aromatic N) is 3. The predicted molar refractivity (Wildman–Crippen MR) is 360 cm³/mol. The van der Waals surface area contributed by atoms with Gasteiger partial charge in [-0.25, -0.2) is 0 Å². The second-order valence-electron chi connectivity index (χ2n) is 24.3. The number of hydrogen-bond acceptors (Lipinski definition) is 5. The second kappa shape index (κ2) is 20.0. The number of benzene rings is 13. The van der Waals surface area contributed by atoms with E-state index < -0.39 is 28.9 Å². The molecule has 1 aliphatic carbocycles. The SMILES string of the molecule is Cc1ccc(N(c2cc3c(c4ccccc24)-c2c(cc(N(c4ccc(C)cc4C)c4cccc5c4oc4c(C(F)(F)F)cccc45)c4ccccc24)C32c3ccccc3N(c3ccccc3)c3ccccc32)c2cccc3c2oc2c(C(F)(F)F)cccc23)c(C)c1. The van der Waals surface area contributed by atoms with Crippen LogP contribution in [-0.4, -0.2) is 0 Å². The number of aryl methyl sites for hydroxylation is 4. The summed E-state index contributed by atoms with van der Waals surface area (Å²) in [6, 6.07) is 81.1. The Morgan fingerprint density at radius 3 is 1.11 bits per heavy atom. The number of furan rings is 2. The van der Waals surface area contributed by atoms with E-state index in [0.29, 0.717) is 44.1 Å². The van der Waals surface area contributed by atoms with Gasteiger partial charge in [0.05, 0.1) is 50.7 Å². The molecule has 2 aromatic heterocycles. The van der Waals surface area contributed by atoms with Gasteiger partial charge in [0.15, 0.2) is 11.2 Å². The van der Waals surface area contributed by atoms with Crippen molar-refractivity contribution in [3.8, 4) is 11.1 Å². The van der Waals surface area contributed by atoms with Gasteiger partial charge < -0.3 is 23.5 Å². The van der Waals surface area contributed by atoms with Crippen molar-refractivity contribution in [3.05, 3.63) is 304 Å². The Bertz CT molecular complexity index is 5280. The number of fused-ring (bicyclic) bond motifs is 19. The molecule has 0 bridgehead atoms. The summed E-state index contributed by atoms with van der Waals surface area (Å²) in [5.74, 6) is 0. The van der Waals surface area contributed by atoms with E-state index >= 15 is 26.3 Å². The Morgan fingerprint density at radius 1 is 0.315 bits per heavy atom. The van der Waals surface area contributed by atoms with Crippen LogP contribution >= 0.6 is 0 Å². The maximum atomic E-state index is 15.1. The highest BCUT2D eigenvalue weighted by Gasteiger charge is 2.54. The van der Waals surface area contributed by atoms with Crippen LogP contribution in [0.2, 0.25) is 0 Å². The van der Waals surface area contributed by atoms with Gasteiger partial charge in [-0.05, 0) is 156 Å². The maximum Gasteiger partial charge on any atom is 0.420 e. The summed E-state index contributed by atoms with van der Waals surface area (Å²) in [6.07, 6.45) is -9.38. The van der Waals surface area contributed by atoms with Crippen molar-refractivity contribution in [2.24, 2.45) is 0 Å². The van der Waals surface area contributed by atoms with Crippen molar-refractivity contribution >= 4 is 117 Å². The van der Waals surface area contributed by atoms with E-state index in [1.54, 1.807) is 12.1 Å². The molecular formula is C81H53F6N3O2. The fourth-order valence-corrected chi connectivity index (χ4v) is 15.3. The van der Waals surface area contributed by atoms with E-state index in [2.05, 4.69) is 174 Å². The van der Waals surface area contributed by atoms with Crippen LogP contribution in [0.4, 0.5) is 77.5 Å². The minimum atomic E-state index is -4.69. The van der Waals surface area contributed by atoms with Crippen LogP contribution in [0.3, 0.4) is 0 Å². The molecule has 5 nitrogen and oxygen atoms in total. The minimum Gasteiger partial charge on any atom is -0.453 e. The summed E-state index contributed by atoms with van der Waals surface area (Å²) in [7, 11) is 0. The van der Waals surface area contributed by atoms with Gasteiger partial charge in [-0.1, -0.05) is 187 Å². The van der Waals surface area contributed by atoms with E-state index in [4.69, 9.17) is 8.83 Å². The first-order chi connectivity index (χ1) is 44.6. The summed E-state index contributed by atoms with van der Waals surface area (Å²) in [6.45, 7) is 8.21. The number of anilines is 9. The lowest BCUT2D eigenvalue weighted by molar-refractivity contribution is -0.137. The molecular weight excluding hydrogens is 1160 g/mol. The molecule has 1 spiro atoms. The minimum absolute atomic E-state index is 0.241. The van der Waals surface area contributed by atoms with Gasteiger partial charge in [0.2, 0.25) is 0 Å². The Hall–Kier alpha value is -11.0. The highest BCUT2D eigenvalue weighted by Crippen LogP contribution is 2.68. The lowest BCUT2D eigenvalue weighted by atomic mass is 9.64. The van der Waals surface area contributed by atoms with Gasteiger partial charge >= 0.3 is 12.4 Å². The van der Waals surface area contributed by atoms with Crippen LogP contribution < -0.4 is 14.7 Å². The van der Waals surface area contributed by atoms with Gasteiger partial charge in [0.1, 0.15) is 11.2 Å². The molecule has 0 radical (unpaired) electrons. The zero-order valence-corrected chi connectivity index (χ0v) is 50.1. The van der Waals surface area contributed by atoms with E-state index in [-0.39, 0.29) is 11.2 Å². The van der Waals surface area contributed by atoms with Gasteiger partial charge in [-0.3, -0.25) is 0 Å². The van der Waals surface area contributed by atoms with Crippen molar-refractivity contribution in [2.75, 3.05) is 14.7 Å². The first-order valence-electron chi connectivity index (χ1n) is 30.5. The quantitative estimate of drug-likeness (QED) is 0.149. The fourth-order valence-electron chi connectivity index (χ4n) is 15.3. The normalized spacial score (nSPS) is 13.4. The summed E-state index contributed by atoms with van der Waals surface area (Å²) >= 11 is 0. The zero-order chi connectivity index (χ0) is 62.7. The van der Waals surface area contributed by atoms with E-state index in [9.17, 15) is 0 Å². The van der Waals surface area contributed by atoms with Gasteiger partial charge in [-0.2, -0.15) is 26.3 Å². The fraction of sp³-hybridized carbons (Fsp3) is 0.0864. The second-order valence-corrected chi connectivity index (χ2v) is 24.3. The molecule has 2 aliphatic rings. The molecule has 0 N–H and O–H groups in total. The molecule has 17 rings (SSSR count). The van der Waals surface area contributed by atoms with E-state index in [1.807, 2.05) is 80.6 Å². The Balaban J connectivity index is 1.04. The summed E-state index contributed by atoms with van der Waals surface area (Å²) in [5, 5.41) is 5.39. The molecule has 0 amide bonds. The molecule has 0 saturated heterocycles. The maximum absolute atomic E-state index is 15.1. The van der Waals surface area contributed by atoms with Crippen LogP contribution in [0.5, 0.6) is 0 Å². The van der Waals surface area contributed by atoms with Crippen LogP contribution in [0, 0.1) is 27.7 Å². The third kappa shape index (κ3) is 7.87. The lowest BCUT2D eigenvalue weighted by Crippen LogP contribution is -2.36. The smallest absolute Gasteiger partial charge is 0.420 e. The number of alkyl halides is 6. The standard InChI is InChI=1S/C81H53F6N3O2/c1-46-38-40-65(48(3)42-46)89(69-36-18-28-57-55-26-16-32-61(80(82,83)84)75(55)91-77(57)69)71-44-63-73(53-24-10-8-22-51(53)71)74-54-25-11-9-23-52(54)72(45-64(74)79(63)59-30-12-14-34-67(59)88(50-20-6-5-7-21-50)68-35-15-13-31-60(68)79)90(66-41-39-47(2)43-49(66)4)70-37-19-29-58-56-27-17-33-62(81(85,86)87)76(56)92-78(58)70/h5-45H,1-4H3. The average Bonchev–Trinajstić information content (AvgIpc) is 1.45. The third-order valence-electron chi connectivity index (χ3n) is 19.0. The topological polar surface area (TPSA) is 36.0 Å². The number of hydrogen-bond donors (Lipinski definition) is 0. The summed E-state index contributed by atoms with van der Waals surface area (Å²) in [5.41, 5.74) is 14.1. The Morgan fingerprint density at radius 2 is 0.685 bits per heavy atom. The molecule has 0 unspecified atom stereocenters. The van der Waals surface area contributed by atoms with Gasteiger partial charge in [0, 0.05) is 49.4 Å². The molecule has 11 heteroatoms. The molecule has 92 heavy (non-hydrogen) atoms. The largest absolute Gasteiger partial charge is 0.453 e. The third-order valence-corrected chi connectivity index (χ3v) is 19.0. The lowest BCUT2D eigenvalue weighted by Gasteiger charge is -2.45. The van der Waals surface area contributed by atoms with E-state index in [0.717, 1.165) is 129 Å².